The van der Waals surface area contributed by atoms with E-state index in [1.807, 2.05) is 6.07 Å². The lowest BCUT2D eigenvalue weighted by Gasteiger charge is -2.46. The number of aliphatic hydroxyl groups is 1. The largest absolute Gasteiger partial charge is 0.385 e. The molecule has 1 heteroatoms. The van der Waals surface area contributed by atoms with E-state index >= 15 is 0 Å². The molecule has 0 aromatic heterocycles. The average Bonchev–Trinajstić information content (AvgIpc) is 2.45. The first-order chi connectivity index (χ1) is 9.58. The van der Waals surface area contributed by atoms with E-state index in [-0.39, 0.29) is 0 Å². The van der Waals surface area contributed by atoms with E-state index in [4.69, 9.17) is 0 Å². The predicted octanol–water partition coefficient (Wildman–Crippen LogP) is 4.61. The van der Waals surface area contributed by atoms with Crippen LogP contribution in [0.15, 0.2) is 54.6 Å². The second-order valence-electron chi connectivity index (χ2n) is 6.39. The van der Waals surface area contributed by atoms with Crippen LogP contribution in [0.1, 0.15) is 32.3 Å². The van der Waals surface area contributed by atoms with Gasteiger partial charge in [-0.3, -0.25) is 0 Å². The molecular formula is C19H22O. The van der Waals surface area contributed by atoms with Gasteiger partial charge in [-0.25, -0.2) is 0 Å². The van der Waals surface area contributed by atoms with Crippen LogP contribution in [0, 0.1) is 11.8 Å². The lowest BCUT2D eigenvalue weighted by atomic mass is 9.63. The molecule has 0 bridgehead atoms. The van der Waals surface area contributed by atoms with Crippen molar-refractivity contribution in [1.82, 2.24) is 0 Å². The molecule has 0 spiro atoms. The monoisotopic (exact) mass is 266 g/mol. The Kier molecular flexibility index (Phi) is 3.39. The highest BCUT2D eigenvalue weighted by Crippen LogP contribution is 2.48. The third-order valence-corrected chi connectivity index (χ3v) is 4.67. The first kappa shape index (κ1) is 13.4. The van der Waals surface area contributed by atoms with Gasteiger partial charge in [0.25, 0.3) is 0 Å². The summed E-state index contributed by atoms with van der Waals surface area (Å²) in [7, 11) is 0. The SMILES string of the molecule is CC(C)C1CC(O)(c2ccc(-c3ccccc3)cc2)C1. The van der Waals surface area contributed by atoms with Crippen molar-refractivity contribution < 1.29 is 5.11 Å². The maximum Gasteiger partial charge on any atom is 0.0902 e. The molecule has 0 aliphatic heterocycles. The molecule has 0 amide bonds. The van der Waals surface area contributed by atoms with Crippen molar-refractivity contribution >= 4 is 0 Å². The van der Waals surface area contributed by atoms with Crippen molar-refractivity contribution in [3.8, 4) is 11.1 Å². The normalized spacial score (nSPS) is 25.5. The summed E-state index contributed by atoms with van der Waals surface area (Å²) in [4.78, 5) is 0. The van der Waals surface area contributed by atoms with E-state index in [1.54, 1.807) is 0 Å². The minimum absolute atomic E-state index is 0.593. The predicted molar refractivity (Wildman–Crippen MR) is 83.3 cm³/mol. The smallest absolute Gasteiger partial charge is 0.0902 e. The lowest BCUT2D eigenvalue weighted by molar-refractivity contribution is -0.0933. The fourth-order valence-corrected chi connectivity index (χ4v) is 3.12. The van der Waals surface area contributed by atoms with Crippen LogP contribution in [0.25, 0.3) is 11.1 Å². The highest BCUT2D eigenvalue weighted by atomic mass is 16.3. The Hall–Kier alpha value is -1.60. The molecule has 0 atom stereocenters. The maximum atomic E-state index is 10.7. The Bertz CT molecular complexity index is 562. The lowest BCUT2D eigenvalue weighted by Crippen LogP contribution is -2.43. The third-order valence-electron chi connectivity index (χ3n) is 4.67. The van der Waals surface area contributed by atoms with Gasteiger partial charge in [-0.2, -0.15) is 0 Å². The Balaban J connectivity index is 1.78. The second-order valence-corrected chi connectivity index (χ2v) is 6.39. The number of hydrogen-bond acceptors (Lipinski definition) is 1. The van der Waals surface area contributed by atoms with Crippen LogP contribution >= 0.6 is 0 Å². The van der Waals surface area contributed by atoms with Gasteiger partial charge in [0.15, 0.2) is 0 Å². The molecule has 1 aliphatic rings. The van der Waals surface area contributed by atoms with Crippen LogP contribution < -0.4 is 0 Å². The molecule has 20 heavy (non-hydrogen) atoms. The standard InChI is InChI=1S/C19H22O/c1-14(2)17-12-19(20,13-17)18-10-8-16(9-11-18)15-6-4-3-5-7-15/h3-11,14,17,20H,12-13H2,1-2H3. The van der Waals surface area contributed by atoms with Crippen LogP contribution in [0.2, 0.25) is 0 Å². The molecule has 1 saturated carbocycles. The molecule has 2 aromatic rings. The average molecular weight is 266 g/mol. The molecule has 1 aliphatic carbocycles. The number of hydrogen-bond donors (Lipinski definition) is 1. The third kappa shape index (κ3) is 2.38. The van der Waals surface area contributed by atoms with Gasteiger partial charge in [0.1, 0.15) is 0 Å². The van der Waals surface area contributed by atoms with Crippen molar-refractivity contribution in [1.29, 1.82) is 0 Å². The van der Waals surface area contributed by atoms with E-state index in [0.29, 0.717) is 11.8 Å². The van der Waals surface area contributed by atoms with E-state index in [2.05, 4.69) is 62.4 Å². The van der Waals surface area contributed by atoms with E-state index < -0.39 is 5.60 Å². The van der Waals surface area contributed by atoms with Crippen LogP contribution in [0.5, 0.6) is 0 Å². The number of benzene rings is 2. The van der Waals surface area contributed by atoms with E-state index in [1.165, 1.54) is 11.1 Å². The molecule has 1 nitrogen and oxygen atoms in total. The summed E-state index contributed by atoms with van der Waals surface area (Å²) in [6.07, 6.45) is 1.80. The van der Waals surface area contributed by atoms with Crippen LogP contribution in [0.3, 0.4) is 0 Å². The minimum atomic E-state index is -0.593. The van der Waals surface area contributed by atoms with Crippen LogP contribution in [-0.2, 0) is 5.60 Å². The quantitative estimate of drug-likeness (QED) is 0.860. The fraction of sp³-hybridized carbons (Fsp3) is 0.368. The topological polar surface area (TPSA) is 20.2 Å². The molecule has 1 fully saturated rings. The van der Waals surface area contributed by atoms with Gasteiger partial charge in [0, 0.05) is 0 Å². The van der Waals surface area contributed by atoms with Gasteiger partial charge >= 0.3 is 0 Å². The molecule has 0 heterocycles. The Labute approximate surface area is 121 Å². The first-order valence-electron chi connectivity index (χ1n) is 7.47. The molecule has 3 rings (SSSR count). The summed E-state index contributed by atoms with van der Waals surface area (Å²) < 4.78 is 0. The van der Waals surface area contributed by atoms with Gasteiger partial charge < -0.3 is 5.11 Å². The van der Waals surface area contributed by atoms with E-state index in [9.17, 15) is 5.11 Å². The summed E-state index contributed by atoms with van der Waals surface area (Å²) in [5.41, 5.74) is 2.90. The fourth-order valence-electron chi connectivity index (χ4n) is 3.12. The van der Waals surface area contributed by atoms with Gasteiger partial charge in [-0.15, -0.1) is 0 Å². The van der Waals surface area contributed by atoms with Crippen molar-refractivity contribution in [3.63, 3.8) is 0 Å². The zero-order chi connectivity index (χ0) is 14.2. The van der Waals surface area contributed by atoms with Gasteiger partial charge in [0.2, 0.25) is 0 Å². The summed E-state index contributed by atoms with van der Waals surface area (Å²) >= 11 is 0. The van der Waals surface area contributed by atoms with Crippen molar-refractivity contribution in [2.24, 2.45) is 11.8 Å². The summed E-state index contributed by atoms with van der Waals surface area (Å²) in [5, 5.41) is 10.7. The van der Waals surface area contributed by atoms with Gasteiger partial charge in [-0.05, 0) is 41.4 Å². The van der Waals surface area contributed by atoms with Crippen LogP contribution in [-0.4, -0.2) is 5.11 Å². The molecule has 0 saturated heterocycles. The first-order valence-corrected chi connectivity index (χ1v) is 7.47. The zero-order valence-electron chi connectivity index (χ0n) is 12.2. The van der Waals surface area contributed by atoms with Crippen molar-refractivity contribution in [3.05, 3.63) is 60.2 Å². The summed E-state index contributed by atoms with van der Waals surface area (Å²) in [5.74, 6) is 1.33. The van der Waals surface area contributed by atoms with E-state index in [0.717, 1.165) is 18.4 Å². The Morgan fingerprint density at radius 2 is 1.45 bits per heavy atom. The zero-order valence-corrected chi connectivity index (χ0v) is 12.2. The Morgan fingerprint density at radius 3 is 2.00 bits per heavy atom. The van der Waals surface area contributed by atoms with Crippen LogP contribution in [0.4, 0.5) is 0 Å². The van der Waals surface area contributed by atoms with Gasteiger partial charge in [0.05, 0.1) is 5.60 Å². The molecule has 0 radical (unpaired) electrons. The summed E-state index contributed by atoms with van der Waals surface area (Å²) in [6.45, 7) is 4.48. The van der Waals surface area contributed by atoms with Crippen molar-refractivity contribution in [2.45, 2.75) is 32.3 Å². The molecule has 104 valence electrons. The second kappa shape index (κ2) is 5.06. The molecular weight excluding hydrogens is 244 g/mol. The maximum absolute atomic E-state index is 10.7. The summed E-state index contributed by atoms with van der Waals surface area (Å²) in [6, 6.07) is 18.8. The molecule has 0 unspecified atom stereocenters. The molecule has 2 aromatic carbocycles. The minimum Gasteiger partial charge on any atom is -0.385 e. The number of rotatable bonds is 3. The Morgan fingerprint density at radius 1 is 0.900 bits per heavy atom. The van der Waals surface area contributed by atoms with Crippen molar-refractivity contribution in [2.75, 3.05) is 0 Å². The van der Waals surface area contributed by atoms with Gasteiger partial charge in [-0.1, -0.05) is 68.4 Å². The highest BCUT2D eigenvalue weighted by Gasteiger charge is 2.44. The molecule has 1 N–H and O–H groups in total. The highest BCUT2D eigenvalue weighted by molar-refractivity contribution is 5.63.